The Bertz CT molecular complexity index is 746. The van der Waals surface area contributed by atoms with Crippen LogP contribution in [0.2, 0.25) is 0 Å². The molecule has 0 aliphatic heterocycles. The summed E-state index contributed by atoms with van der Waals surface area (Å²) < 4.78 is 0.879. The summed E-state index contributed by atoms with van der Waals surface area (Å²) in [5.74, 6) is 0.946. The lowest BCUT2D eigenvalue weighted by Gasteiger charge is -2.16. The predicted octanol–water partition coefficient (Wildman–Crippen LogP) is 10.0. The monoisotopic (exact) mass is 606 g/mol. The predicted molar refractivity (Wildman–Crippen MR) is 164 cm³/mol. The van der Waals surface area contributed by atoms with E-state index in [0.717, 1.165) is 16.3 Å². The number of Topliss-reactive ketones (excluding diaryl/α,β-unsaturated/α-hetero) is 1. The van der Waals surface area contributed by atoms with Crippen LogP contribution in [0.1, 0.15) is 115 Å². The van der Waals surface area contributed by atoms with E-state index >= 15 is 0 Å². The zero-order chi connectivity index (χ0) is 26.7. The summed E-state index contributed by atoms with van der Waals surface area (Å²) in [7, 11) is 0. The van der Waals surface area contributed by atoms with Crippen LogP contribution in [0.4, 0.5) is 0 Å². The minimum Gasteiger partial charge on any atom is -0.481 e. The van der Waals surface area contributed by atoms with E-state index in [1.807, 2.05) is 12.1 Å². The van der Waals surface area contributed by atoms with Crippen LogP contribution in [0.5, 0.6) is 0 Å². The van der Waals surface area contributed by atoms with Gasteiger partial charge in [-0.15, -0.1) is 12.2 Å². The molecular formula is C28H48BrO3PS2. The number of carbonyl (C=O) groups excluding carboxylic acids is 1. The molecule has 35 heavy (non-hydrogen) atoms. The number of hydrogen-bond acceptors (Lipinski definition) is 3. The van der Waals surface area contributed by atoms with E-state index < -0.39 is 11.2 Å². The van der Waals surface area contributed by atoms with Gasteiger partial charge >= 0.3 is 5.97 Å². The number of ketones is 1. The Hall–Kier alpha value is -0.160. The number of halogens is 1. The summed E-state index contributed by atoms with van der Waals surface area (Å²) in [4.78, 5) is 21.9. The number of carboxylic acid groups (broad SMARTS) is 1. The Morgan fingerprint density at radius 1 is 0.886 bits per heavy atom. The average molecular weight is 608 g/mol. The first-order valence-corrected chi connectivity index (χ1v) is 18.4. The molecular weight excluding hydrogens is 559 g/mol. The summed E-state index contributed by atoms with van der Waals surface area (Å²) in [6, 6.07) is 7.22. The fourth-order valence-electron chi connectivity index (χ4n) is 3.66. The fourth-order valence-corrected chi connectivity index (χ4v) is 7.34. The van der Waals surface area contributed by atoms with Gasteiger partial charge in [0.05, 0.1) is 0 Å². The van der Waals surface area contributed by atoms with Crippen molar-refractivity contribution >= 4 is 57.0 Å². The van der Waals surface area contributed by atoms with Crippen molar-refractivity contribution in [2.75, 3.05) is 12.3 Å². The largest absolute Gasteiger partial charge is 0.481 e. The molecule has 1 N–H and O–H groups in total. The number of thiol groups is 1. The second-order valence-corrected chi connectivity index (χ2v) is 19.0. The van der Waals surface area contributed by atoms with E-state index in [1.54, 1.807) is 12.1 Å². The Morgan fingerprint density at radius 2 is 1.40 bits per heavy atom. The van der Waals surface area contributed by atoms with E-state index in [4.69, 9.17) is 29.2 Å². The maximum atomic E-state index is 11.7. The van der Waals surface area contributed by atoms with Crippen LogP contribution in [0.15, 0.2) is 28.7 Å². The summed E-state index contributed by atoms with van der Waals surface area (Å²) in [5.41, 5.74) is 0.671. The van der Waals surface area contributed by atoms with Gasteiger partial charge in [0.1, 0.15) is 0 Å². The van der Waals surface area contributed by atoms with Crippen LogP contribution in [0.25, 0.3) is 0 Å². The van der Waals surface area contributed by atoms with Crippen LogP contribution in [-0.4, -0.2) is 29.2 Å². The molecule has 0 radical (unpaired) electrons. The van der Waals surface area contributed by atoms with Crippen LogP contribution < -0.4 is 0 Å². The van der Waals surface area contributed by atoms with Crippen molar-refractivity contribution in [3.63, 3.8) is 0 Å². The van der Waals surface area contributed by atoms with Gasteiger partial charge in [0.2, 0.25) is 0 Å². The van der Waals surface area contributed by atoms with E-state index in [0.29, 0.717) is 24.8 Å². The van der Waals surface area contributed by atoms with E-state index in [1.165, 1.54) is 63.7 Å². The lowest BCUT2D eigenvalue weighted by molar-refractivity contribution is -0.137. The first kappa shape index (κ1) is 34.8. The lowest BCUT2D eigenvalue weighted by Crippen LogP contribution is -2.00. The van der Waals surface area contributed by atoms with Gasteiger partial charge in [0, 0.05) is 28.1 Å². The number of hydrogen-bond donors (Lipinski definition) is 2. The third-order valence-electron chi connectivity index (χ3n) is 5.77. The van der Waals surface area contributed by atoms with Gasteiger partial charge in [0.25, 0.3) is 0 Å². The number of aliphatic carboxylic acids is 1. The third kappa shape index (κ3) is 22.7. The molecule has 0 amide bonds. The van der Waals surface area contributed by atoms with E-state index in [-0.39, 0.29) is 12.2 Å². The van der Waals surface area contributed by atoms with Crippen molar-refractivity contribution in [2.45, 2.75) is 105 Å². The van der Waals surface area contributed by atoms with Gasteiger partial charge in [-0.1, -0.05) is 106 Å². The maximum Gasteiger partial charge on any atom is 0.303 e. The molecule has 7 heteroatoms. The fraction of sp³-hybridized carbons (Fsp3) is 0.714. The second-order valence-electron chi connectivity index (χ2n) is 10.3. The van der Waals surface area contributed by atoms with Crippen molar-refractivity contribution < 1.29 is 14.7 Å². The highest BCUT2D eigenvalue weighted by atomic mass is 79.9. The molecule has 0 bridgehead atoms. The van der Waals surface area contributed by atoms with E-state index in [9.17, 15) is 9.59 Å². The molecule has 3 nitrogen and oxygen atoms in total. The first-order valence-electron chi connectivity index (χ1n) is 13.2. The highest BCUT2D eigenvalue weighted by Crippen LogP contribution is 2.52. The molecule has 0 aromatic heterocycles. The first-order chi connectivity index (χ1) is 16.4. The summed E-state index contributed by atoms with van der Waals surface area (Å²) >= 11 is 13.8. The number of rotatable bonds is 18. The lowest BCUT2D eigenvalue weighted by atomic mass is 10.0. The third-order valence-corrected chi connectivity index (χ3v) is 10.6. The quantitative estimate of drug-likeness (QED) is 0.0755. The number of carboxylic acids is 1. The van der Waals surface area contributed by atoms with Gasteiger partial charge in [-0.05, 0) is 62.0 Å². The molecule has 1 rings (SSSR count). The summed E-state index contributed by atoms with van der Waals surface area (Å²) in [5, 5.41) is 7.15. The summed E-state index contributed by atoms with van der Waals surface area (Å²) in [6.45, 7) is 9.22. The van der Waals surface area contributed by atoms with Crippen LogP contribution in [0.3, 0.4) is 0 Å². The molecule has 0 saturated carbocycles. The molecule has 0 fully saturated rings. The van der Waals surface area contributed by atoms with Crippen LogP contribution in [-0.2, 0) is 16.6 Å². The standard InChI is InChI=1S/C16H35PS2.C12H13BrO3/c1-15(2)11-7-5-9-13-17(18,19)14-10-6-8-12-16(3)4;13-10-5-3-4-9(8-10)11(14)6-1-2-7-12(15)16/h15-16H,5-14H2,1-4H3,(H,18,19);3-5,8H,1-2,6-7H2,(H,15,16). The zero-order valence-corrected chi connectivity index (χ0v) is 26.5. The molecule has 0 heterocycles. The van der Waals surface area contributed by atoms with Crippen molar-refractivity contribution in [3.05, 3.63) is 34.3 Å². The second kappa shape index (κ2) is 20.8. The normalized spacial score (nSPS) is 11.4. The van der Waals surface area contributed by atoms with Crippen molar-refractivity contribution in [3.8, 4) is 0 Å². The molecule has 0 aliphatic carbocycles. The van der Waals surface area contributed by atoms with Crippen LogP contribution in [0, 0.1) is 11.8 Å². The molecule has 0 atom stereocenters. The molecule has 1 aromatic rings. The zero-order valence-electron chi connectivity index (χ0n) is 22.3. The highest BCUT2D eigenvalue weighted by molar-refractivity contribution is 9.10. The van der Waals surface area contributed by atoms with Gasteiger partial charge < -0.3 is 5.11 Å². The van der Waals surface area contributed by atoms with Gasteiger partial charge in [-0.25, -0.2) is 0 Å². The number of unbranched alkanes of at least 4 members (excludes halogenated alkanes) is 5. The van der Waals surface area contributed by atoms with Crippen molar-refractivity contribution in [2.24, 2.45) is 11.8 Å². The highest BCUT2D eigenvalue weighted by Gasteiger charge is 2.11. The maximum absolute atomic E-state index is 11.7. The molecule has 1 aromatic carbocycles. The molecule has 0 unspecified atom stereocenters. The molecule has 0 spiro atoms. The Morgan fingerprint density at radius 3 is 1.86 bits per heavy atom. The Balaban J connectivity index is 0.000000669. The van der Waals surface area contributed by atoms with Crippen molar-refractivity contribution in [1.82, 2.24) is 0 Å². The summed E-state index contributed by atoms with van der Waals surface area (Å²) in [6.07, 6.45) is 14.9. The Labute approximate surface area is 233 Å². The SMILES string of the molecule is CC(C)CCCCCP(=S)(S)CCCCCC(C)C.O=C(O)CCCCC(=O)c1cccc(Br)c1. The number of carbonyl (C=O) groups is 2. The van der Waals surface area contributed by atoms with E-state index in [2.05, 4.69) is 43.6 Å². The van der Waals surface area contributed by atoms with Crippen LogP contribution >= 0.6 is 33.4 Å². The smallest absolute Gasteiger partial charge is 0.303 e. The average Bonchev–Trinajstić information content (AvgIpc) is 2.76. The van der Waals surface area contributed by atoms with Gasteiger partial charge in [-0.3, -0.25) is 9.59 Å². The number of benzene rings is 1. The minimum absolute atomic E-state index is 0.0617. The van der Waals surface area contributed by atoms with Crippen molar-refractivity contribution in [1.29, 1.82) is 0 Å². The Kier molecular flexibility index (Phi) is 20.8. The minimum atomic E-state index is -1.29. The molecule has 0 saturated heterocycles. The topological polar surface area (TPSA) is 54.4 Å². The van der Waals surface area contributed by atoms with Gasteiger partial charge in [0.15, 0.2) is 5.78 Å². The molecule has 0 aliphatic rings. The van der Waals surface area contributed by atoms with Gasteiger partial charge in [-0.2, -0.15) is 0 Å². The molecule has 202 valence electrons.